The van der Waals surface area contributed by atoms with Crippen molar-refractivity contribution in [1.29, 1.82) is 0 Å². The second kappa shape index (κ2) is 7.42. The summed E-state index contributed by atoms with van der Waals surface area (Å²) < 4.78 is 61.1. The summed E-state index contributed by atoms with van der Waals surface area (Å²) in [5.41, 5.74) is -0.862. The number of rotatable bonds is 4. The smallest absolute Gasteiger partial charge is 0.488 e. The molecule has 0 bridgehead atoms. The monoisotopic (exact) mass is 302 g/mol. The van der Waals surface area contributed by atoms with Crippen molar-refractivity contribution in [3.63, 3.8) is 0 Å². The Morgan fingerprint density at radius 2 is 2.05 bits per heavy atom. The van der Waals surface area contributed by atoms with E-state index < -0.39 is 18.3 Å². The number of ether oxygens (including phenoxy) is 2. The fourth-order valence-corrected chi connectivity index (χ4v) is 1.79. The number of halogens is 4. The van der Waals surface area contributed by atoms with Gasteiger partial charge >= 0.3 is 58.4 Å². The molecule has 0 aromatic heterocycles. The molecule has 1 atom stereocenters. The quantitative estimate of drug-likeness (QED) is 0.548. The van der Waals surface area contributed by atoms with E-state index in [1.54, 1.807) is 0 Å². The van der Waals surface area contributed by atoms with Crippen LogP contribution in [0.1, 0.15) is 12.8 Å². The molecule has 1 aliphatic rings. The zero-order valence-electron chi connectivity index (χ0n) is 10.5. The van der Waals surface area contributed by atoms with Crippen molar-refractivity contribution in [2.24, 2.45) is 0 Å². The third-order valence-electron chi connectivity index (χ3n) is 2.78. The molecule has 0 amide bonds. The number of hydrogen-bond donors (Lipinski definition) is 0. The molecule has 0 N–H and O–H groups in total. The Morgan fingerprint density at radius 3 is 2.63 bits per heavy atom. The molecule has 100 valence electrons. The molecule has 2 rings (SSSR count). The van der Waals surface area contributed by atoms with Crippen molar-refractivity contribution in [2.75, 3.05) is 13.2 Å². The maximum Gasteiger partial charge on any atom is 1.00 e. The van der Waals surface area contributed by atoms with Gasteiger partial charge in [0.1, 0.15) is 6.61 Å². The molecule has 1 aromatic rings. The summed E-state index contributed by atoms with van der Waals surface area (Å²) in [5.74, 6) is -1.17. The first-order valence-electron chi connectivity index (χ1n) is 5.70. The van der Waals surface area contributed by atoms with E-state index >= 15 is 0 Å². The van der Waals surface area contributed by atoms with Gasteiger partial charge in [-0.1, -0.05) is 6.07 Å². The van der Waals surface area contributed by atoms with Crippen LogP contribution in [-0.2, 0) is 4.74 Å². The normalized spacial score (nSPS) is 19.1. The van der Waals surface area contributed by atoms with Crippen molar-refractivity contribution in [1.82, 2.24) is 0 Å². The Morgan fingerprint density at radius 1 is 1.32 bits per heavy atom. The fraction of sp³-hybridized carbons (Fsp3) is 0.455. The van der Waals surface area contributed by atoms with Gasteiger partial charge in [0.2, 0.25) is 0 Å². The molecule has 0 radical (unpaired) electrons. The number of benzene rings is 1. The molecule has 2 nitrogen and oxygen atoms in total. The molecule has 1 aromatic carbocycles. The van der Waals surface area contributed by atoms with Crippen LogP contribution in [0.15, 0.2) is 18.2 Å². The molecule has 0 aliphatic carbocycles. The zero-order chi connectivity index (χ0) is 13.2. The van der Waals surface area contributed by atoms with Gasteiger partial charge in [0.15, 0.2) is 11.6 Å². The molecule has 1 saturated heterocycles. The summed E-state index contributed by atoms with van der Waals surface area (Å²) in [6.45, 7) is -4.46. The first-order valence-corrected chi connectivity index (χ1v) is 5.70. The first kappa shape index (κ1) is 17.5. The van der Waals surface area contributed by atoms with Crippen LogP contribution in [0, 0.1) is 5.82 Å². The summed E-state index contributed by atoms with van der Waals surface area (Å²) in [5, 5.41) is 0. The molecular weight excluding hydrogens is 290 g/mol. The average Bonchev–Trinajstić information content (AvgIpc) is 2.79. The van der Waals surface area contributed by atoms with Gasteiger partial charge in [-0.15, -0.1) is 5.46 Å². The van der Waals surface area contributed by atoms with E-state index in [0.717, 1.165) is 18.9 Å². The van der Waals surface area contributed by atoms with E-state index in [9.17, 15) is 17.3 Å². The minimum absolute atomic E-state index is 0. The molecule has 1 aliphatic heterocycles. The fourth-order valence-electron chi connectivity index (χ4n) is 1.79. The van der Waals surface area contributed by atoms with E-state index in [-0.39, 0.29) is 69.8 Å². The summed E-state index contributed by atoms with van der Waals surface area (Å²) in [6, 6.07) is 2.19. The van der Waals surface area contributed by atoms with E-state index in [2.05, 4.69) is 0 Å². The minimum Gasteiger partial charge on any atom is -0.488 e. The van der Waals surface area contributed by atoms with Crippen LogP contribution in [-0.4, -0.2) is 26.3 Å². The Hall–Kier alpha value is 0.401. The summed E-state index contributed by atoms with van der Waals surface area (Å²) in [4.78, 5) is 0. The van der Waals surface area contributed by atoms with Gasteiger partial charge in [0.25, 0.3) is 0 Å². The van der Waals surface area contributed by atoms with Crippen molar-refractivity contribution < 1.29 is 78.2 Å². The van der Waals surface area contributed by atoms with Crippen LogP contribution in [0.2, 0.25) is 0 Å². The predicted molar refractivity (Wildman–Crippen MR) is 59.6 cm³/mol. The standard InChI is InChI=1S/C11H12BF4O2.K/c13-10-4-3-8(12(14,15)16)6-11(10)18-7-9-2-1-5-17-9;/h3-4,6,9H,1-2,5,7H2;/q-1;+1. The van der Waals surface area contributed by atoms with Gasteiger partial charge in [-0.05, 0) is 25.0 Å². The van der Waals surface area contributed by atoms with Crippen LogP contribution >= 0.6 is 0 Å². The molecule has 19 heavy (non-hydrogen) atoms. The van der Waals surface area contributed by atoms with Gasteiger partial charge in [-0.2, -0.15) is 0 Å². The van der Waals surface area contributed by atoms with Gasteiger partial charge < -0.3 is 22.4 Å². The third kappa shape index (κ3) is 5.02. The predicted octanol–water partition coefficient (Wildman–Crippen LogP) is -0.558. The maximum absolute atomic E-state index is 13.3. The van der Waals surface area contributed by atoms with Crippen molar-refractivity contribution in [2.45, 2.75) is 18.9 Å². The Labute approximate surface area is 151 Å². The third-order valence-corrected chi connectivity index (χ3v) is 2.78. The largest absolute Gasteiger partial charge is 1.00 e. The molecular formula is C11H12BF4KO2. The van der Waals surface area contributed by atoms with E-state index in [1.165, 1.54) is 0 Å². The van der Waals surface area contributed by atoms with Gasteiger partial charge in [-0.3, -0.25) is 0 Å². The summed E-state index contributed by atoms with van der Waals surface area (Å²) >= 11 is 0. The van der Waals surface area contributed by atoms with Gasteiger partial charge in [0.05, 0.1) is 6.10 Å². The van der Waals surface area contributed by atoms with Crippen molar-refractivity contribution >= 4 is 12.4 Å². The summed E-state index contributed by atoms with van der Waals surface area (Å²) in [6.07, 6.45) is 1.51. The molecule has 1 fully saturated rings. The van der Waals surface area contributed by atoms with E-state index in [0.29, 0.717) is 18.7 Å². The molecule has 1 unspecified atom stereocenters. The van der Waals surface area contributed by atoms with Crippen LogP contribution in [0.25, 0.3) is 0 Å². The Bertz CT molecular complexity index is 422. The SMILES string of the molecule is Fc1ccc([B-](F)(F)F)cc1OCC1CCCO1.[K+]. The van der Waals surface area contributed by atoms with Crippen LogP contribution < -0.4 is 61.6 Å². The minimum atomic E-state index is -5.14. The van der Waals surface area contributed by atoms with Crippen LogP contribution in [0.3, 0.4) is 0 Å². The average molecular weight is 302 g/mol. The zero-order valence-corrected chi connectivity index (χ0v) is 13.7. The molecule has 0 saturated carbocycles. The van der Waals surface area contributed by atoms with E-state index in [4.69, 9.17) is 9.47 Å². The maximum atomic E-state index is 13.3. The first-order chi connectivity index (χ1) is 8.47. The topological polar surface area (TPSA) is 18.5 Å². The molecule has 1 heterocycles. The van der Waals surface area contributed by atoms with Crippen LogP contribution in [0.4, 0.5) is 17.3 Å². The molecule has 0 spiro atoms. The molecule has 8 heteroatoms. The second-order valence-corrected chi connectivity index (χ2v) is 4.21. The van der Waals surface area contributed by atoms with Crippen molar-refractivity contribution in [3.8, 4) is 5.75 Å². The van der Waals surface area contributed by atoms with Crippen LogP contribution in [0.5, 0.6) is 5.75 Å². The van der Waals surface area contributed by atoms with Gasteiger partial charge in [-0.25, -0.2) is 4.39 Å². The van der Waals surface area contributed by atoms with Gasteiger partial charge in [0, 0.05) is 6.61 Å². The number of hydrogen-bond acceptors (Lipinski definition) is 2. The summed E-state index contributed by atoms with van der Waals surface area (Å²) in [7, 11) is 0. The Kier molecular flexibility index (Phi) is 6.82. The van der Waals surface area contributed by atoms with Crippen molar-refractivity contribution in [3.05, 3.63) is 24.0 Å². The second-order valence-electron chi connectivity index (χ2n) is 4.21. The Balaban J connectivity index is 0.00000180. The van der Waals surface area contributed by atoms with E-state index in [1.807, 2.05) is 0 Å².